The molecule has 0 atom stereocenters. The van der Waals surface area contributed by atoms with E-state index in [0.29, 0.717) is 12.1 Å². The van der Waals surface area contributed by atoms with E-state index in [9.17, 15) is 4.79 Å². The van der Waals surface area contributed by atoms with Gasteiger partial charge in [-0.2, -0.15) is 0 Å². The number of carbonyl (C=O) groups excluding carboxylic acids is 1. The van der Waals surface area contributed by atoms with Crippen LogP contribution in [-0.4, -0.2) is 13.0 Å². The fourth-order valence-corrected chi connectivity index (χ4v) is 1.73. The van der Waals surface area contributed by atoms with Crippen LogP contribution in [0.5, 0.6) is 5.75 Å². The van der Waals surface area contributed by atoms with E-state index in [4.69, 9.17) is 4.74 Å². The molecule has 3 heteroatoms. The lowest BCUT2D eigenvalue weighted by Crippen LogP contribution is -2.22. The van der Waals surface area contributed by atoms with Crippen molar-refractivity contribution in [3.05, 3.63) is 65.2 Å². The normalized spacial score (nSPS) is 10.0. The highest BCUT2D eigenvalue weighted by Crippen LogP contribution is 2.11. The van der Waals surface area contributed by atoms with Gasteiger partial charge < -0.3 is 10.1 Å². The standard InChI is InChI=1S/C16H17NO2/c1-12-3-5-13(6-4-12)11-17-16(18)14-7-9-15(19-2)10-8-14/h3-10H,11H2,1-2H3,(H,17,18). The van der Waals surface area contributed by atoms with Crippen molar-refractivity contribution in [3.8, 4) is 5.75 Å². The quantitative estimate of drug-likeness (QED) is 0.912. The molecule has 0 spiro atoms. The highest BCUT2D eigenvalue weighted by atomic mass is 16.5. The predicted molar refractivity (Wildman–Crippen MR) is 75.3 cm³/mol. The zero-order valence-electron chi connectivity index (χ0n) is 11.1. The van der Waals surface area contributed by atoms with E-state index in [-0.39, 0.29) is 5.91 Å². The maximum atomic E-state index is 11.9. The lowest BCUT2D eigenvalue weighted by atomic mass is 10.1. The first kappa shape index (κ1) is 13.1. The van der Waals surface area contributed by atoms with Crippen LogP contribution in [-0.2, 0) is 6.54 Å². The van der Waals surface area contributed by atoms with Crippen LogP contribution >= 0.6 is 0 Å². The third-order valence-electron chi connectivity index (χ3n) is 2.93. The number of hydrogen-bond acceptors (Lipinski definition) is 2. The van der Waals surface area contributed by atoms with E-state index in [0.717, 1.165) is 11.3 Å². The van der Waals surface area contributed by atoms with Crippen LogP contribution in [0.1, 0.15) is 21.5 Å². The molecule has 0 unspecified atom stereocenters. The molecule has 2 aromatic rings. The Bertz CT molecular complexity index is 544. The van der Waals surface area contributed by atoms with Crippen molar-refractivity contribution >= 4 is 5.91 Å². The fourth-order valence-electron chi connectivity index (χ4n) is 1.73. The summed E-state index contributed by atoms with van der Waals surface area (Å²) in [6, 6.07) is 15.2. The second-order valence-corrected chi connectivity index (χ2v) is 4.40. The lowest BCUT2D eigenvalue weighted by molar-refractivity contribution is 0.0951. The van der Waals surface area contributed by atoms with Crippen LogP contribution < -0.4 is 10.1 Å². The van der Waals surface area contributed by atoms with Gasteiger partial charge in [0.1, 0.15) is 5.75 Å². The average molecular weight is 255 g/mol. The molecular weight excluding hydrogens is 238 g/mol. The SMILES string of the molecule is COc1ccc(C(=O)NCc2ccc(C)cc2)cc1. The summed E-state index contributed by atoms with van der Waals surface area (Å²) in [4.78, 5) is 11.9. The van der Waals surface area contributed by atoms with Gasteiger partial charge in [0.25, 0.3) is 5.91 Å². The third-order valence-corrected chi connectivity index (χ3v) is 2.93. The van der Waals surface area contributed by atoms with Crippen molar-refractivity contribution in [2.24, 2.45) is 0 Å². The Morgan fingerprint density at radius 1 is 1.05 bits per heavy atom. The molecule has 1 amide bonds. The number of rotatable bonds is 4. The van der Waals surface area contributed by atoms with Crippen molar-refractivity contribution in [3.63, 3.8) is 0 Å². The molecule has 0 saturated carbocycles. The first-order valence-electron chi connectivity index (χ1n) is 6.17. The molecule has 98 valence electrons. The van der Waals surface area contributed by atoms with Crippen molar-refractivity contribution in [1.29, 1.82) is 0 Å². The van der Waals surface area contributed by atoms with Gasteiger partial charge in [-0.3, -0.25) is 4.79 Å². The monoisotopic (exact) mass is 255 g/mol. The number of benzene rings is 2. The number of carbonyl (C=O) groups is 1. The second-order valence-electron chi connectivity index (χ2n) is 4.40. The summed E-state index contributed by atoms with van der Waals surface area (Å²) in [5.74, 6) is 0.665. The largest absolute Gasteiger partial charge is 0.497 e. The minimum Gasteiger partial charge on any atom is -0.497 e. The van der Waals surface area contributed by atoms with Crippen LogP contribution in [0.15, 0.2) is 48.5 Å². The molecule has 0 aliphatic rings. The Labute approximate surface area is 113 Å². The van der Waals surface area contributed by atoms with Gasteiger partial charge in [-0.05, 0) is 36.8 Å². The Hall–Kier alpha value is -2.29. The molecule has 0 fully saturated rings. The third kappa shape index (κ3) is 3.58. The first-order valence-corrected chi connectivity index (χ1v) is 6.17. The zero-order valence-corrected chi connectivity index (χ0v) is 11.1. The van der Waals surface area contributed by atoms with Gasteiger partial charge in [0.15, 0.2) is 0 Å². The number of ether oxygens (including phenoxy) is 1. The molecule has 19 heavy (non-hydrogen) atoms. The molecular formula is C16H17NO2. The van der Waals surface area contributed by atoms with Gasteiger partial charge in [-0.1, -0.05) is 29.8 Å². The maximum Gasteiger partial charge on any atom is 0.251 e. The van der Waals surface area contributed by atoms with Crippen LogP contribution in [0.3, 0.4) is 0 Å². The van der Waals surface area contributed by atoms with Crippen LogP contribution in [0, 0.1) is 6.92 Å². The number of amides is 1. The van der Waals surface area contributed by atoms with Gasteiger partial charge in [0.2, 0.25) is 0 Å². The topological polar surface area (TPSA) is 38.3 Å². The second kappa shape index (κ2) is 6.05. The molecule has 0 aliphatic heterocycles. The summed E-state index contributed by atoms with van der Waals surface area (Å²) in [7, 11) is 1.60. The molecule has 0 aliphatic carbocycles. The van der Waals surface area contributed by atoms with E-state index < -0.39 is 0 Å². The summed E-state index contributed by atoms with van der Waals surface area (Å²) >= 11 is 0. The van der Waals surface area contributed by atoms with Gasteiger partial charge in [0.05, 0.1) is 7.11 Å². The van der Waals surface area contributed by atoms with E-state index in [1.54, 1.807) is 31.4 Å². The average Bonchev–Trinajstić information content (AvgIpc) is 2.46. The fraction of sp³-hybridized carbons (Fsp3) is 0.188. The summed E-state index contributed by atoms with van der Waals surface area (Å²) in [5, 5.41) is 2.89. The van der Waals surface area contributed by atoms with Crippen molar-refractivity contribution in [2.75, 3.05) is 7.11 Å². The Kier molecular flexibility index (Phi) is 4.18. The minimum atomic E-state index is -0.0803. The lowest BCUT2D eigenvalue weighted by Gasteiger charge is -2.06. The molecule has 0 saturated heterocycles. The zero-order chi connectivity index (χ0) is 13.7. The van der Waals surface area contributed by atoms with E-state index >= 15 is 0 Å². The summed E-state index contributed by atoms with van der Waals surface area (Å²) in [6.45, 7) is 2.57. The first-order chi connectivity index (χ1) is 9.19. The van der Waals surface area contributed by atoms with Crippen molar-refractivity contribution in [2.45, 2.75) is 13.5 Å². The minimum absolute atomic E-state index is 0.0803. The Morgan fingerprint density at radius 3 is 2.26 bits per heavy atom. The van der Waals surface area contributed by atoms with Gasteiger partial charge in [0, 0.05) is 12.1 Å². The van der Waals surface area contributed by atoms with Crippen LogP contribution in [0.25, 0.3) is 0 Å². The van der Waals surface area contributed by atoms with Gasteiger partial charge >= 0.3 is 0 Å². The van der Waals surface area contributed by atoms with E-state index in [2.05, 4.69) is 5.32 Å². The molecule has 0 aromatic heterocycles. The molecule has 3 nitrogen and oxygen atoms in total. The summed E-state index contributed by atoms with van der Waals surface area (Å²) in [6.07, 6.45) is 0. The Morgan fingerprint density at radius 2 is 1.68 bits per heavy atom. The van der Waals surface area contributed by atoms with Crippen molar-refractivity contribution < 1.29 is 9.53 Å². The number of hydrogen-bond donors (Lipinski definition) is 1. The molecule has 2 rings (SSSR count). The molecule has 1 N–H and O–H groups in total. The van der Waals surface area contributed by atoms with Crippen LogP contribution in [0.2, 0.25) is 0 Å². The highest BCUT2D eigenvalue weighted by molar-refractivity contribution is 5.94. The smallest absolute Gasteiger partial charge is 0.251 e. The number of methoxy groups -OCH3 is 1. The summed E-state index contributed by atoms with van der Waals surface area (Å²) < 4.78 is 5.06. The molecule has 0 bridgehead atoms. The summed E-state index contributed by atoms with van der Waals surface area (Å²) in [5.41, 5.74) is 2.94. The maximum absolute atomic E-state index is 11.9. The van der Waals surface area contributed by atoms with E-state index in [1.165, 1.54) is 5.56 Å². The van der Waals surface area contributed by atoms with E-state index in [1.807, 2.05) is 31.2 Å². The van der Waals surface area contributed by atoms with Gasteiger partial charge in [-0.15, -0.1) is 0 Å². The predicted octanol–water partition coefficient (Wildman–Crippen LogP) is 2.93. The Balaban J connectivity index is 1.95. The van der Waals surface area contributed by atoms with Gasteiger partial charge in [-0.25, -0.2) is 0 Å². The number of aryl methyl sites for hydroxylation is 1. The molecule has 0 heterocycles. The number of nitrogens with one attached hydrogen (secondary N) is 1. The molecule has 2 aromatic carbocycles. The van der Waals surface area contributed by atoms with Crippen molar-refractivity contribution in [1.82, 2.24) is 5.32 Å². The van der Waals surface area contributed by atoms with Crippen LogP contribution in [0.4, 0.5) is 0 Å². The molecule has 0 radical (unpaired) electrons. The highest BCUT2D eigenvalue weighted by Gasteiger charge is 2.05.